The van der Waals surface area contributed by atoms with Crippen molar-refractivity contribution in [3.63, 3.8) is 0 Å². The SMILES string of the molecule is CCCCC(CC)C(=O)N(C)C1CCC(=O)CC1. The molecule has 0 saturated heterocycles. The minimum atomic E-state index is 0.174. The number of Topliss-reactive ketones (excluding diaryl/α,β-unsaturated/α-hetero) is 1. The van der Waals surface area contributed by atoms with Gasteiger partial charge < -0.3 is 4.90 Å². The molecule has 0 heterocycles. The predicted molar refractivity (Wildman–Crippen MR) is 73.3 cm³/mol. The number of rotatable bonds is 6. The maximum absolute atomic E-state index is 12.4. The summed E-state index contributed by atoms with van der Waals surface area (Å²) in [5.74, 6) is 0.808. The fourth-order valence-corrected chi connectivity index (χ4v) is 2.73. The summed E-state index contributed by atoms with van der Waals surface area (Å²) < 4.78 is 0. The lowest BCUT2D eigenvalue weighted by molar-refractivity contribution is -0.138. The maximum Gasteiger partial charge on any atom is 0.225 e. The van der Waals surface area contributed by atoms with Crippen LogP contribution in [-0.2, 0) is 9.59 Å². The van der Waals surface area contributed by atoms with E-state index in [9.17, 15) is 9.59 Å². The second-order valence-electron chi connectivity index (χ2n) is 5.47. The van der Waals surface area contributed by atoms with E-state index in [-0.39, 0.29) is 17.9 Å². The Morgan fingerprint density at radius 1 is 1.33 bits per heavy atom. The highest BCUT2D eigenvalue weighted by Gasteiger charge is 2.28. The van der Waals surface area contributed by atoms with Crippen molar-refractivity contribution in [2.45, 2.75) is 71.3 Å². The van der Waals surface area contributed by atoms with Crippen molar-refractivity contribution in [1.29, 1.82) is 0 Å². The van der Waals surface area contributed by atoms with Crippen LogP contribution in [0.4, 0.5) is 0 Å². The lowest BCUT2D eigenvalue weighted by atomic mass is 9.91. The fraction of sp³-hybridized carbons (Fsp3) is 0.867. The summed E-state index contributed by atoms with van der Waals surface area (Å²) in [6, 6.07) is 0.283. The molecule has 3 heteroatoms. The quantitative estimate of drug-likeness (QED) is 0.729. The second kappa shape index (κ2) is 7.55. The highest BCUT2D eigenvalue weighted by atomic mass is 16.2. The number of unbranched alkanes of at least 4 members (excludes halogenated alkanes) is 1. The summed E-state index contributed by atoms with van der Waals surface area (Å²) in [5.41, 5.74) is 0. The van der Waals surface area contributed by atoms with Crippen molar-refractivity contribution in [2.75, 3.05) is 7.05 Å². The van der Waals surface area contributed by atoms with Crippen molar-refractivity contribution < 1.29 is 9.59 Å². The Morgan fingerprint density at radius 2 is 1.94 bits per heavy atom. The normalized spacial score (nSPS) is 18.7. The number of carbonyl (C=O) groups is 2. The standard InChI is InChI=1S/C15H27NO2/c1-4-6-7-12(5-2)15(18)16(3)13-8-10-14(17)11-9-13/h12-13H,4-11H2,1-3H3. The van der Waals surface area contributed by atoms with Crippen molar-refractivity contribution in [1.82, 2.24) is 4.90 Å². The molecule has 18 heavy (non-hydrogen) atoms. The van der Waals surface area contributed by atoms with Crippen LogP contribution < -0.4 is 0 Å². The molecule has 0 spiro atoms. The highest BCUT2D eigenvalue weighted by Crippen LogP contribution is 2.23. The molecule has 1 saturated carbocycles. The molecule has 1 rings (SSSR count). The summed E-state index contributed by atoms with van der Waals surface area (Å²) in [6.07, 6.45) is 7.20. The molecule has 0 aromatic heterocycles. The molecular formula is C15H27NO2. The molecule has 1 fully saturated rings. The Kier molecular flexibility index (Phi) is 6.37. The summed E-state index contributed by atoms with van der Waals surface area (Å²) in [6.45, 7) is 4.25. The van der Waals surface area contributed by atoms with Gasteiger partial charge in [-0.05, 0) is 25.7 Å². The average molecular weight is 253 g/mol. The first kappa shape index (κ1) is 15.2. The molecule has 1 aliphatic carbocycles. The lowest BCUT2D eigenvalue weighted by Gasteiger charge is -2.33. The maximum atomic E-state index is 12.4. The molecule has 104 valence electrons. The van der Waals surface area contributed by atoms with E-state index in [2.05, 4.69) is 13.8 Å². The Morgan fingerprint density at radius 3 is 2.44 bits per heavy atom. The topological polar surface area (TPSA) is 37.4 Å². The smallest absolute Gasteiger partial charge is 0.225 e. The summed E-state index contributed by atoms with van der Waals surface area (Å²) in [7, 11) is 1.91. The number of nitrogens with zero attached hydrogens (tertiary/aromatic N) is 1. The number of hydrogen-bond donors (Lipinski definition) is 0. The van der Waals surface area contributed by atoms with Crippen LogP contribution in [0.5, 0.6) is 0 Å². The molecule has 3 nitrogen and oxygen atoms in total. The molecule has 0 bridgehead atoms. The number of amides is 1. The summed E-state index contributed by atoms with van der Waals surface area (Å²) in [4.78, 5) is 25.5. The third kappa shape index (κ3) is 4.11. The van der Waals surface area contributed by atoms with E-state index in [1.54, 1.807) is 0 Å². The highest BCUT2D eigenvalue weighted by molar-refractivity contribution is 5.81. The van der Waals surface area contributed by atoms with Gasteiger partial charge in [0.25, 0.3) is 0 Å². The predicted octanol–water partition coefficient (Wildman–Crippen LogP) is 3.17. The van der Waals surface area contributed by atoms with Gasteiger partial charge in [-0.15, -0.1) is 0 Å². The monoisotopic (exact) mass is 253 g/mol. The van der Waals surface area contributed by atoms with Crippen LogP contribution in [-0.4, -0.2) is 29.7 Å². The van der Waals surface area contributed by atoms with Gasteiger partial charge in [-0.3, -0.25) is 9.59 Å². The first-order valence-electron chi connectivity index (χ1n) is 7.38. The molecule has 1 amide bonds. The average Bonchev–Trinajstić information content (AvgIpc) is 2.39. The van der Waals surface area contributed by atoms with Gasteiger partial charge in [-0.1, -0.05) is 26.7 Å². The molecule has 0 radical (unpaired) electrons. The van der Waals surface area contributed by atoms with E-state index < -0.39 is 0 Å². The van der Waals surface area contributed by atoms with Crippen LogP contribution in [0.25, 0.3) is 0 Å². The van der Waals surface area contributed by atoms with E-state index in [0.29, 0.717) is 18.6 Å². The van der Waals surface area contributed by atoms with Crippen molar-refractivity contribution in [3.8, 4) is 0 Å². The van der Waals surface area contributed by atoms with E-state index in [4.69, 9.17) is 0 Å². The molecule has 0 aliphatic heterocycles. The van der Waals surface area contributed by atoms with E-state index in [0.717, 1.165) is 38.5 Å². The van der Waals surface area contributed by atoms with Gasteiger partial charge in [-0.2, -0.15) is 0 Å². The fourth-order valence-electron chi connectivity index (χ4n) is 2.73. The number of carbonyl (C=O) groups excluding carboxylic acids is 2. The van der Waals surface area contributed by atoms with Crippen molar-refractivity contribution in [3.05, 3.63) is 0 Å². The minimum absolute atomic E-state index is 0.174. The van der Waals surface area contributed by atoms with E-state index in [1.807, 2.05) is 11.9 Å². The van der Waals surface area contributed by atoms with Gasteiger partial charge in [-0.25, -0.2) is 0 Å². The van der Waals surface area contributed by atoms with Crippen molar-refractivity contribution >= 4 is 11.7 Å². The van der Waals surface area contributed by atoms with E-state index in [1.165, 1.54) is 0 Å². The Labute approximate surface area is 111 Å². The van der Waals surface area contributed by atoms with Crippen molar-refractivity contribution in [2.24, 2.45) is 5.92 Å². The third-order valence-electron chi connectivity index (χ3n) is 4.16. The first-order chi connectivity index (χ1) is 8.60. The Hall–Kier alpha value is -0.860. The third-order valence-corrected chi connectivity index (χ3v) is 4.16. The van der Waals surface area contributed by atoms with Crippen LogP contribution >= 0.6 is 0 Å². The van der Waals surface area contributed by atoms with Gasteiger partial charge in [0.05, 0.1) is 0 Å². The summed E-state index contributed by atoms with van der Waals surface area (Å²) >= 11 is 0. The first-order valence-corrected chi connectivity index (χ1v) is 7.38. The van der Waals surface area contributed by atoms with E-state index >= 15 is 0 Å². The molecule has 1 aliphatic rings. The zero-order chi connectivity index (χ0) is 13.5. The molecule has 0 aromatic carbocycles. The van der Waals surface area contributed by atoms with Gasteiger partial charge in [0.2, 0.25) is 5.91 Å². The zero-order valence-electron chi connectivity index (χ0n) is 12.1. The molecule has 0 N–H and O–H groups in total. The van der Waals surface area contributed by atoms with Crippen LogP contribution in [0, 0.1) is 5.92 Å². The lowest BCUT2D eigenvalue weighted by Crippen LogP contribution is -2.42. The number of ketones is 1. The van der Waals surface area contributed by atoms with Gasteiger partial charge in [0.15, 0.2) is 0 Å². The molecule has 1 atom stereocenters. The Balaban J connectivity index is 2.50. The van der Waals surface area contributed by atoms with Gasteiger partial charge >= 0.3 is 0 Å². The molecule has 0 aromatic rings. The Bertz CT molecular complexity index is 278. The molecule has 1 unspecified atom stereocenters. The van der Waals surface area contributed by atoms with Gasteiger partial charge in [0, 0.05) is 31.8 Å². The summed E-state index contributed by atoms with van der Waals surface area (Å²) in [5, 5.41) is 0. The van der Waals surface area contributed by atoms with Crippen LogP contribution in [0.2, 0.25) is 0 Å². The van der Waals surface area contributed by atoms with Crippen LogP contribution in [0.15, 0.2) is 0 Å². The molecular weight excluding hydrogens is 226 g/mol. The largest absolute Gasteiger partial charge is 0.343 e. The number of hydrogen-bond acceptors (Lipinski definition) is 2. The zero-order valence-corrected chi connectivity index (χ0v) is 12.1. The second-order valence-corrected chi connectivity index (χ2v) is 5.47. The minimum Gasteiger partial charge on any atom is -0.343 e. The van der Waals surface area contributed by atoms with Crippen LogP contribution in [0.3, 0.4) is 0 Å². The van der Waals surface area contributed by atoms with Crippen LogP contribution in [0.1, 0.15) is 65.2 Å². The van der Waals surface area contributed by atoms with Gasteiger partial charge in [0.1, 0.15) is 5.78 Å².